The van der Waals surface area contributed by atoms with E-state index in [1.807, 2.05) is 42.5 Å². The lowest BCUT2D eigenvalue weighted by atomic mass is 9.92. The van der Waals surface area contributed by atoms with Gasteiger partial charge in [-0.25, -0.2) is 13.4 Å². The number of hydrogen-bond donors (Lipinski definition) is 0. The monoisotopic (exact) mass is 452 g/mol. The minimum atomic E-state index is -3.77. The van der Waals surface area contributed by atoms with Gasteiger partial charge in [0.15, 0.2) is 0 Å². The lowest BCUT2D eigenvalue weighted by molar-refractivity contribution is 0.126. The SMILES string of the molecule is CN1CC(c2ccccc2)C(c2ccc(Cl)s2)N1S(=O)(=O)c1ccc(Cl)cc1. The number of rotatable bonds is 4. The van der Waals surface area contributed by atoms with Crippen LogP contribution < -0.4 is 0 Å². The van der Waals surface area contributed by atoms with E-state index in [0.29, 0.717) is 15.9 Å². The van der Waals surface area contributed by atoms with E-state index < -0.39 is 10.0 Å². The van der Waals surface area contributed by atoms with Gasteiger partial charge in [0, 0.05) is 29.4 Å². The molecule has 1 aliphatic rings. The second-order valence-corrected chi connectivity index (χ2v) is 10.7. The van der Waals surface area contributed by atoms with E-state index in [-0.39, 0.29) is 16.9 Å². The van der Waals surface area contributed by atoms with Crippen molar-refractivity contribution in [3.05, 3.63) is 86.5 Å². The molecule has 1 fully saturated rings. The van der Waals surface area contributed by atoms with E-state index in [0.717, 1.165) is 10.4 Å². The molecule has 0 bridgehead atoms. The highest BCUT2D eigenvalue weighted by molar-refractivity contribution is 7.89. The van der Waals surface area contributed by atoms with Crippen molar-refractivity contribution in [3.8, 4) is 0 Å². The maximum absolute atomic E-state index is 13.5. The highest BCUT2D eigenvalue weighted by atomic mass is 35.5. The van der Waals surface area contributed by atoms with Crippen LogP contribution in [0.25, 0.3) is 0 Å². The first kappa shape index (κ1) is 19.9. The molecule has 0 amide bonds. The maximum Gasteiger partial charge on any atom is 0.256 e. The highest BCUT2D eigenvalue weighted by Gasteiger charge is 2.47. The van der Waals surface area contributed by atoms with Crippen molar-refractivity contribution < 1.29 is 8.42 Å². The topological polar surface area (TPSA) is 40.6 Å². The zero-order valence-corrected chi connectivity index (χ0v) is 18.1. The number of halogens is 2. The van der Waals surface area contributed by atoms with Crippen LogP contribution in [0.3, 0.4) is 0 Å². The molecule has 0 aliphatic carbocycles. The van der Waals surface area contributed by atoms with Crippen LogP contribution in [-0.4, -0.2) is 31.4 Å². The van der Waals surface area contributed by atoms with Crippen molar-refractivity contribution in [2.75, 3.05) is 13.6 Å². The zero-order chi connectivity index (χ0) is 19.9. The number of benzene rings is 2. The van der Waals surface area contributed by atoms with Gasteiger partial charge in [0.1, 0.15) is 0 Å². The molecule has 146 valence electrons. The Morgan fingerprint density at radius 1 is 0.964 bits per heavy atom. The summed E-state index contributed by atoms with van der Waals surface area (Å²) < 4.78 is 29.2. The molecule has 4 nitrogen and oxygen atoms in total. The summed E-state index contributed by atoms with van der Waals surface area (Å²) in [5.41, 5.74) is 1.10. The van der Waals surface area contributed by atoms with E-state index >= 15 is 0 Å². The van der Waals surface area contributed by atoms with E-state index in [1.165, 1.54) is 15.8 Å². The highest BCUT2D eigenvalue weighted by Crippen LogP contribution is 2.47. The Balaban J connectivity index is 1.83. The van der Waals surface area contributed by atoms with Gasteiger partial charge in [-0.2, -0.15) is 0 Å². The minimum Gasteiger partial charge on any atom is -0.230 e. The molecule has 0 radical (unpaired) electrons. The summed E-state index contributed by atoms with van der Waals surface area (Å²) in [7, 11) is -1.97. The maximum atomic E-state index is 13.5. The quantitative estimate of drug-likeness (QED) is 0.529. The van der Waals surface area contributed by atoms with Gasteiger partial charge in [-0.3, -0.25) is 0 Å². The molecule has 1 aromatic heterocycles. The molecule has 4 rings (SSSR count). The summed E-state index contributed by atoms with van der Waals surface area (Å²) in [4.78, 5) is 1.13. The third kappa shape index (κ3) is 3.61. The Morgan fingerprint density at radius 2 is 1.64 bits per heavy atom. The number of likely N-dealkylation sites (N-methyl/N-ethyl adjacent to an activating group) is 1. The molecule has 2 aromatic carbocycles. The van der Waals surface area contributed by atoms with Gasteiger partial charge >= 0.3 is 0 Å². The van der Waals surface area contributed by atoms with Crippen LogP contribution >= 0.6 is 34.5 Å². The summed E-state index contributed by atoms with van der Waals surface area (Å²) in [6.45, 7) is 0.580. The predicted molar refractivity (Wildman–Crippen MR) is 114 cm³/mol. The first-order valence-corrected chi connectivity index (χ1v) is 11.7. The fraction of sp³-hybridized carbons (Fsp3) is 0.200. The normalized spacial score (nSPS) is 21.2. The molecule has 1 saturated heterocycles. The standard InChI is InChI=1S/C20H18Cl2N2O2S2/c1-23-13-17(14-5-3-2-4-6-14)20(18-11-12-19(22)27-18)24(23)28(25,26)16-9-7-15(21)8-10-16/h2-12,17,20H,13H2,1H3. The fourth-order valence-corrected chi connectivity index (χ4v) is 6.76. The second kappa shape index (κ2) is 7.78. The Bertz CT molecular complexity index is 1070. The van der Waals surface area contributed by atoms with Crippen LogP contribution in [0, 0.1) is 0 Å². The summed E-state index contributed by atoms with van der Waals surface area (Å²) in [5, 5.41) is 2.28. The average Bonchev–Trinajstić information content (AvgIpc) is 3.26. The van der Waals surface area contributed by atoms with Gasteiger partial charge in [-0.1, -0.05) is 53.5 Å². The van der Waals surface area contributed by atoms with Crippen molar-refractivity contribution in [2.24, 2.45) is 0 Å². The van der Waals surface area contributed by atoms with Crippen LogP contribution in [0.5, 0.6) is 0 Å². The first-order valence-electron chi connectivity index (χ1n) is 8.69. The summed E-state index contributed by atoms with van der Waals surface area (Å²) in [5.74, 6) is -0.0111. The number of hydrazine groups is 1. The van der Waals surface area contributed by atoms with Crippen molar-refractivity contribution >= 4 is 44.6 Å². The number of sulfonamides is 1. The molecular formula is C20H18Cl2N2O2S2. The van der Waals surface area contributed by atoms with Gasteiger partial charge in [0.05, 0.1) is 15.3 Å². The van der Waals surface area contributed by atoms with Crippen molar-refractivity contribution in [2.45, 2.75) is 16.9 Å². The van der Waals surface area contributed by atoms with Crippen LogP contribution in [-0.2, 0) is 10.0 Å². The van der Waals surface area contributed by atoms with Gasteiger partial charge in [0.2, 0.25) is 0 Å². The molecule has 2 unspecified atom stereocenters. The summed E-state index contributed by atoms with van der Waals surface area (Å²) >= 11 is 13.6. The Kier molecular flexibility index (Phi) is 5.53. The Hall–Kier alpha value is -1.41. The third-order valence-electron chi connectivity index (χ3n) is 4.89. The van der Waals surface area contributed by atoms with Crippen molar-refractivity contribution in [1.82, 2.24) is 9.42 Å². The van der Waals surface area contributed by atoms with Crippen LogP contribution in [0.15, 0.2) is 71.6 Å². The van der Waals surface area contributed by atoms with E-state index in [1.54, 1.807) is 36.3 Å². The number of hydrogen-bond acceptors (Lipinski definition) is 4. The van der Waals surface area contributed by atoms with Crippen LogP contribution in [0.1, 0.15) is 22.4 Å². The van der Waals surface area contributed by atoms with Gasteiger partial charge in [0.25, 0.3) is 10.0 Å². The smallest absolute Gasteiger partial charge is 0.230 e. The van der Waals surface area contributed by atoms with Crippen molar-refractivity contribution in [1.29, 1.82) is 0 Å². The fourth-order valence-electron chi connectivity index (χ4n) is 3.66. The third-order valence-corrected chi connectivity index (χ3v) is 8.31. The summed E-state index contributed by atoms with van der Waals surface area (Å²) in [6.07, 6.45) is 0. The Morgan fingerprint density at radius 3 is 2.25 bits per heavy atom. The largest absolute Gasteiger partial charge is 0.256 e. The molecule has 0 spiro atoms. The molecule has 28 heavy (non-hydrogen) atoms. The minimum absolute atomic E-state index is 0.0111. The van der Waals surface area contributed by atoms with Crippen LogP contribution in [0.2, 0.25) is 9.36 Å². The van der Waals surface area contributed by atoms with Crippen LogP contribution in [0.4, 0.5) is 0 Å². The summed E-state index contributed by atoms with van der Waals surface area (Å²) in [6, 6.07) is 19.6. The molecule has 2 heterocycles. The number of thiophene rings is 1. The molecule has 0 N–H and O–H groups in total. The average molecular weight is 453 g/mol. The Labute approximate surface area is 178 Å². The van der Waals surface area contributed by atoms with Crippen molar-refractivity contribution in [3.63, 3.8) is 0 Å². The van der Waals surface area contributed by atoms with Gasteiger partial charge in [-0.05, 0) is 42.0 Å². The molecule has 8 heteroatoms. The van der Waals surface area contributed by atoms with Gasteiger partial charge in [-0.15, -0.1) is 15.8 Å². The van der Waals surface area contributed by atoms with E-state index in [4.69, 9.17) is 23.2 Å². The van der Waals surface area contributed by atoms with E-state index in [9.17, 15) is 8.42 Å². The second-order valence-electron chi connectivity index (χ2n) is 6.68. The molecular weight excluding hydrogens is 435 g/mol. The number of nitrogens with zero attached hydrogens (tertiary/aromatic N) is 2. The lowest BCUT2D eigenvalue weighted by Gasteiger charge is -2.29. The molecule has 3 aromatic rings. The lowest BCUT2D eigenvalue weighted by Crippen LogP contribution is -2.39. The zero-order valence-electron chi connectivity index (χ0n) is 15.0. The predicted octanol–water partition coefficient (Wildman–Crippen LogP) is 5.43. The van der Waals surface area contributed by atoms with E-state index in [2.05, 4.69) is 0 Å². The molecule has 2 atom stereocenters. The molecule has 0 saturated carbocycles. The molecule has 1 aliphatic heterocycles. The van der Waals surface area contributed by atoms with Gasteiger partial charge < -0.3 is 0 Å². The first-order chi connectivity index (χ1) is 13.4.